The lowest BCUT2D eigenvalue weighted by Gasteiger charge is -2.17. The van der Waals surface area contributed by atoms with Crippen molar-refractivity contribution in [1.29, 1.82) is 0 Å². The first-order chi connectivity index (χ1) is 9.15. The SMILES string of the molecule is COc1ccc(S(=O)(=O)NCCSC(C)(C)C)cc1F. The number of nitrogens with one attached hydrogen (secondary N) is 1. The van der Waals surface area contributed by atoms with E-state index in [1.807, 2.05) is 0 Å². The van der Waals surface area contributed by atoms with Gasteiger partial charge in [0.1, 0.15) is 0 Å². The predicted octanol–water partition coefficient (Wildman–Crippen LogP) is 2.64. The van der Waals surface area contributed by atoms with Crippen molar-refractivity contribution in [1.82, 2.24) is 4.72 Å². The maximum Gasteiger partial charge on any atom is 0.240 e. The summed E-state index contributed by atoms with van der Waals surface area (Å²) in [7, 11) is -2.36. The van der Waals surface area contributed by atoms with E-state index in [2.05, 4.69) is 25.5 Å². The Kier molecular flexibility index (Phi) is 5.85. The van der Waals surface area contributed by atoms with Crippen molar-refractivity contribution in [3.8, 4) is 5.75 Å². The van der Waals surface area contributed by atoms with Gasteiger partial charge in [-0.25, -0.2) is 17.5 Å². The van der Waals surface area contributed by atoms with Crippen LogP contribution in [0.5, 0.6) is 5.75 Å². The Morgan fingerprint density at radius 2 is 2.00 bits per heavy atom. The zero-order valence-corrected chi connectivity index (χ0v) is 13.7. The molecule has 0 spiro atoms. The van der Waals surface area contributed by atoms with Crippen molar-refractivity contribution in [3.63, 3.8) is 0 Å². The first-order valence-electron chi connectivity index (χ1n) is 6.13. The highest BCUT2D eigenvalue weighted by atomic mass is 32.2. The zero-order chi connectivity index (χ0) is 15.4. The maximum atomic E-state index is 13.5. The largest absolute Gasteiger partial charge is 0.494 e. The second-order valence-corrected chi connectivity index (χ2v) is 8.84. The number of methoxy groups -OCH3 is 1. The molecule has 0 amide bonds. The van der Waals surface area contributed by atoms with E-state index in [0.717, 1.165) is 6.07 Å². The molecule has 0 aliphatic carbocycles. The maximum absolute atomic E-state index is 13.5. The van der Waals surface area contributed by atoms with E-state index in [1.54, 1.807) is 11.8 Å². The summed E-state index contributed by atoms with van der Waals surface area (Å²) in [6.45, 7) is 6.49. The molecule has 0 heterocycles. The van der Waals surface area contributed by atoms with Gasteiger partial charge in [-0.3, -0.25) is 0 Å². The summed E-state index contributed by atoms with van der Waals surface area (Å²) in [6, 6.07) is 3.58. The molecule has 0 atom stereocenters. The van der Waals surface area contributed by atoms with Crippen LogP contribution >= 0.6 is 11.8 Å². The summed E-state index contributed by atoms with van der Waals surface area (Å²) < 4.78 is 44.8. The first kappa shape index (κ1) is 17.3. The van der Waals surface area contributed by atoms with E-state index in [9.17, 15) is 12.8 Å². The summed E-state index contributed by atoms with van der Waals surface area (Å²) in [5.41, 5.74) is 0. The van der Waals surface area contributed by atoms with E-state index in [4.69, 9.17) is 4.74 Å². The molecule has 0 aromatic heterocycles. The summed E-state index contributed by atoms with van der Waals surface area (Å²) in [6.07, 6.45) is 0. The van der Waals surface area contributed by atoms with Crippen LogP contribution in [0.2, 0.25) is 0 Å². The average Bonchev–Trinajstić information content (AvgIpc) is 2.33. The molecular weight excluding hydrogens is 301 g/mol. The van der Waals surface area contributed by atoms with Crippen LogP contribution in [0.15, 0.2) is 23.1 Å². The first-order valence-corrected chi connectivity index (χ1v) is 8.60. The quantitative estimate of drug-likeness (QED) is 0.819. The van der Waals surface area contributed by atoms with E-state index < -0.39 is 15.8 Å². The molecule has 20 heavy (non-hydrogen) atoms. The molecular formula is C13H20FNO3S2. The molecule has 1 aromatic rings. The van der Waals surface area contributed by atoms with Crippen LogP contribution in [0.3, 0.4) is 0 Å². The van der Waals surface area contributed by atoms with E-state index >= 15 is 0 Å². The third-order valence-corrected chi connectivity index (χ3v) is 5.10. The summed E-state index contributed by atoms with van der Waals surface area (Å²) >= 11 is 1.66. The van der Waals surface area contributed by atoms with Gasteiger partial charge >= 0.3 is 0 Å². The highest BCUT2D eigenvalue weighted by Crippen LogP contribution is 2.23. The monoisotopic (exact) mass is 321 g/mol. The predicted molar refractivity (Wildman–Crippen MR) is 80.4 cm³/mol. The Bertz CT molecular complexity index is 553. The molecule has 114 valence electrons. The van der Waals surface area contributed by atoms with Crippen molar-refractivity contribution in [2.24, 2.45) is 0 Å². The van der Waals surface area contributed by atoms with Gasteiger partial charge < -0.3 is 4.74 Å². The molecule has 1 N–H and O–H groups in total. The van der Waals surface area contributed by atoms with Gasteiger partial charge in [0.15, 0.2) is 11.6 Å². The summed E-state index contributed by atoms with van der Waals surface area (Å²) in [4.78, 5) is -0.100. The van der Waals surface area contributed by atoms with Gasteiger partial charge in [-0.1, -0.05) is 20.8 Å². The molecule has 0 fully saturated rings. The molecule has 0 aliphatic heterocycles. The number of sulfonamides is 1. The zero-order valence-electron chi connectivity index (χ0n) is 12.1. The minimum atomic E-state index is -3.68. The summed E-state index contributed by atoms with van der Waals surface area (Å²) in [5, 5.41) is 0. The lowest BCUT2D eigenvalue weighted by molar-refractivity contribution is 0.385. The molecule has 0 radical (unpaired) electrons. The van der Waals surface area contributed by atoms with Crippen LogP contribution in [0.4, 0.5) is 4.39 Å². The Balaban J connectivity index is 2.67. The Morgan fingerprint density at radius 3 is 2.50 bits per heavy atom. The van der Waals surface area contributed by atoms with Crippen LogP contribution in [-0.4, -0.2) is 32.6 Å². The fraction of sp³-hybridized carbons (Fsp3) is 0.538. The molecule has 0 unspecified atom stereocenters. The fourth-order valence-electron chi connectivity index (χ4n) is 1.43. The molecule has 1 rings (SSSR count). The van der Waals surface area contributed by atoms with Gasteiger partial charge in [0.25, 0.3) is 0 Å². The van der Waals surface area contributed by atoms with Crippen LogP contribution in [0.1, 0.15) is 20.8 Å². The number of hydrogen-bond donors (Lipinski definition) is 1. The minimum absolute atomic E-state index is 0.0206. The molecule has 0 bridgehead atoms. The minimum Gasteiger partial charge on any atom is -0.494 e. The highest BCUT2D eigenvalue weighted by molar-refractivity contribution is 8.00. The Morgan fingerprint density at radius 1 is 1.35 bits per heavy atom. The van der Waals surface area contributed by atoms with Gasteiger partial charge in [0, 0.05) is 17.0 Å². The summed E-state index contributed by atoms with van der Waals surface area (Å²) in [5.74, 6) is -0.0202. The van der Waals surface area contributed by atoms with Crippen LogP contribution in [-0.2, 0) is 10.0 Å². The number of thioether (sulfide) groups is 1. The van der Waals surface area contributed by atoms with Crippen molar-refractivity contribution in [2.45, 2.75) is 30.4 Å². The number of halogens is 1. The van der Waals surface area contributed by atoms with Crippen molar-refractivity contribution >= 4 is 21.8 Å². The topological polar surface area (TPSA) is 55.4 Å². The average molecular weight is 321 g/mol. The van der Waals surface area contributed by atoms with E-state index in [-0.39, 0.29) is 15.4 Å². The lowest BCUT2D eigenvalue weighted by Crippen LogP contribution is -2.27. The Labute approximate surface area is 124 Å². The van der Waals surface area contributed by atoms with Gasteiger partial charge in [-0.2, -0.15) is 11.8 Å². The highest BCUT2D eigenvalue weighted by Gasteiger charge is 2.17. The fourth-order valence-corrected chi connectivity index (χ4v) is 3.42. The molecule has 7 heteroatoms. The van der Waals surface area contributed by atoms with Gasteiger partial charge in [0.05, 0.1) is 12.0 Å². The smallest absolute Gasteiger partial charge is 0.240 e. The molecule has 0 saturated carbocycles. The third kappa shape index (κ3) is 5.30. The van der Waals surface area contributed by atoms with Crippen molar-refractivity contribution < 1.29 is 17.5 Å². The van der Waals surface area contributed by atoms with Crippen molar-refractivity contribution in [3.05, 3.63) is 24.0 Å². The van der Waals surface area contributed by atoms with Gasteiger partial charge in [0.2, 0.25) is 10.0 Å². The van der Waals surface area contributed by atoms with Gasteiger partial charge in [-0.15, -0.1) is 0 Å². The van der Waals surface area contributed by atoms with Crippen LogP contribution in [0, 0.1) is 5.82 Å². The number of hydrogen-bond acceptors (Lipinski definition) is 4. The molecule has 0 saturated heterocycles. The number of ether oxygens (including phenoxy) is 1. The van der Waals surface area contributed by atoms with E-state index in [0.29, 0.717) is 12.3 Å². The van der Waals surface area contributed by atoms with Crippen molar-refractivity contribution in [2.75, 3.05) is 19.4 Å². The third-order valence-electron chi connectivity index (χ3n) is 2.36. The lowest BCUT2D eigenvalue weighted by atomic mass is 10.3. The molecule has 0 aliphatic rings. The second kappa shape index (κ2) is 6.78. The molecule has 1 aromatic carbocycles. The molecule has 4 nitrogen and oxygen atoms in total. The van der Waals surface area contributed by atoms with Gasteiger partial charge in [-0.05, 0) is 18.2 Å². The second-order valence-electron chi connectivity index (χ2n) is 5.15. The van der Waals surface area contributed by atoms with Crippen LogP contribution < -0.4 is 9.46 Å². The number of rotatable bonds is 6. The standard InChI is InChI=1S/C13H20FNO3S2/c1-13(2,3)19-8-7-15-20(16,17)10-5-6-12(18-4)11(14)9-10/h5-6,9,15H,7-8H2,1-4H3. The normalized spacial score (nSPS) is 12.4. The van der Waals surface area contributed by atoms with E-state index in [1.165, 1.54) is 19.2 Å². The Hall–Kier alpha value is -0.790. The van der Waals surface area contributed by atoms with Crippen LogP contribution in [0.25, 0.3) is 0 Å². The number of benzene rings is 1.